The summed E-state index contributed by atoms with van der Waals surface area (Å²) in [5, 5.41) is 4.84. The number of hydrogen-bond acceptors (Lipinski definition) is 3. The van der Waals surface area contributed by atoms with Crippen molar-refractivity contribution in [3.63, 3.8) is 0 Å². The summed E-state index contributed by atoms with van der Waals surface area (Å²) in [7, 11) is 0. The number of rotatable bonds is 0. The van der Waals surface area contributed by atoms with Gasteiger partial charge in [0, 0.05) is 18.7 Å². The van der Waals surface area contributed by atoms with Crippen molar-refractivity contribution in [1.82, 2.24) is 10.2 Å². The predicted molar refractivity (Wildman–Crippen MR) is 75.7 cm³/mol. The Bertz CT molecular complexity index is 722. The molecule has 5 heteroatoms. The first-order valence-corrected chi connectivity index (χ1v) is 7.38. The van der Waals surface area contributed by atoms with E-state index in [-0.39, 0.29) is 17.9 Å². The van der Waals surface area contributed by atoms with Crippen LogP contribution in [-0.2, 0) is 6.54 Å². The van der Waals surface area contributed by atoms with Crippen LogP contribution in [0.5, 0.6) is 0 Å². The molecule has 2 aliphatic heterocycles. The van der Waals surface area contributed by atoms with Crippen molar-refractivity contribution in [2.24, 2.45) is 0 Å². The Morgan fingerprint density at radius 3 is 2.95 bits per heavy atom. The van der Waals surface area contributed by atoms with Gasteiger partial charge in [-0.3, -0.25) is 9.59 Å². The molecule has 3 heterocycles. The fraction of sp³-hybridized carbons (Fsp3) is 0.200. The summed E-state index contributed by atoms with van der Waals surface area (Å²) in [6.45, 7) is 0.976. The second kappa shape index (κ2) is 4.18. The van der Waals surface area contributed by atoms with E-state index >= 15 is 0 Å². The average molecular weight is 284 g/mol. The van der Waals surface area contributed by atoms with Crippen molar-refractivity contribution in [2.75, 3.05) is 6.54 Å². The normalized spacial score (nSPS) is 20.6. The fourth-order valence-electron chi connectivity index (χ4n) is 2.96. The van der Waals surface area contributed by atoms with Crippen molar-refractivity contribution in [3.8, 4) is 0 Å². The van der Waals surface area contributed by atoms with Gasteiger partial charge in [0.15, 0.2) is 0 Å². The van der Waals surface area contributed by atoms with Gasteiger partial charge in [0.2, 0.25) is 0 Å². The molecule has 2 aromatic rings. The molecule has 100 valence electrons. The first kappa shape index (κ1) is 11.7. The molecule has 1 aromatic carbocycles. The molecule has 0 fully saturated rings. The van der Waals surface area contributed by atoms with Gasteiger partial charge in [0.25, 0.3) is 11.8 Å². The lowest BCUT2D eigenvalue weighted by Crippen LogP contribution is -2.39. The predicted octanol–water partition coefficient (Wildman–Crippen LogP) is 2.19. The molecule has 1 unspecified atom stereocenters. The van der Waals surface area contributed by atoms with Crippen LogP contribution in [0.2, 0.25) is 0 Å². The van der Waals surface area contributed by atoms with E-state index in [9.17, 15) is 9.59 Å². The van der Waals surface area contributed by atoms with E-state index in [2.05, 4.69) is 5.32 Å². The number of amides is 2. The SMILES string of the molecule is O=C1NCC2c3ccccc3C(=O)N2Cc2ccsc21. The number of thiophene rings is 1. The van der Waals surface area contributed by atoms with Gasteiger partial charge < -0.3 is 10.2 Å². The quantitative estimate of drug-likeness (QED) is 0.806. The number of nitrogens with one attached hydrogen (secondary N) is 1. The summed E-state index contributed by atoms with van der Waals surface area (Å²) >= 11 is 1.43. The van der Waals surface area contributed by atoms with Gasteiger partial charge in [-0.1, -0.05) is 18.2 Å². The lowest BCUT2D eigenvalue weighted by molar-refractivity contribution is 0.0687. The topological polar surface area (TPSA) is 49.4 Å². The van der Waals surface area contributed by atoms with E-state index < -0.39 is 0 Å². The van der Waals surface area contributed by atoms with E-state index in [1.165, 1.54) is 11.3 Å². The van der Waals surface area contributed by atoms with Crippen molar-refractivity contribution in [2.45, 2.75) is 12.6 Å². The Hall–Kier alpha value is -2.14. The molecule has 2 amide bonds. The Balaban J connectivity index is 1.82. The molecule has 0 bridgehead atoms. The molecular formula is C15H12N2O2S. The monoisotopic (exact) mass is 284 g/mol. The maximum Gasteiger partial charge on any atom is 0.261 e. The summed E-state index contributed by atoms with van der Waals surface area (Å²) in [4.78, 5) is 27.2. The second-order valence-electron chi connectivity index (χ2n) is 5.02. The maximum atomic E-state index is 12.5. The molecule has 4 rings (SSSR count). The molecule has 1 atom stereocenters. The summed E-state index contributed by atoms with van der Waals surface area (Å²) < 4.78 is 0. The van der Waals surface area contributed by atoms with Crippen LogP contribution in [0.1, 0.15) is 37.2 Å². The zero-order chi connectivity index (χ0) is 13.7. The van der Waals surface area contributed by atoms with Gasteiger partial charge in [0.1, 0.15) is 0 Å². The number of fused-ring (bicyclic) bond motifs is 4. The fourth-order valence-corrected chi connectivity index (χ4v) is 3.79. The average Bonchev–Trinajstić information content (AvgIpc) is 3.01. The van der Waals surface area contributed by atoms with Crippen LogP contribution in [0.3, 0.4) is 0 Å². The summed E-state index contributed by atoms with van der Waals surface area (Å²) in [6.07, 6.45) is 0. The highest BCUT2D eigenvalue weighted by molar-refractivity contribution is 7.12. The minimum absolute atomic E-state index is 0.0357. The van der Waals surface area contributed by atoms with Crippen molar-refractivity contribution >= 4 is 23.2 Å². The summed E-state index contributed by atoms with van der Waals surface area (Å²) in [6, 6.07) is 9.52. The highest BCUT2D eigenvalue weighted by Gasteiger charge is 2.38. The first-order chi connectivity index (χ1) is 9.75. The van der Waals surface area contributed by atoms with Crippen molar-refractivity contribution in [1.29, 1.82) is 0 Å². The largest absolute Gasteiger partial charge is 0.349 e. The smallest absolute Gasteiger partial charge is 0.261 e. The molecule has 2 aliphatic rings. The highest BCUT2D eigenvalue weighted by atomic mass is 32.1. The Labute approximate surface area is 120 Å². The van der Waals surface area contributed by atoms with Crippen LogP contribution in [0, 0.1) is 0 Å². The second-order valence-corrected chi connectivity index (χ2v) is 5.94. The van der Waals surface area contributed by atoms with Gasteiger partial charge in [-0.2, -0.15) is 0 Å². The highest BCUT2D eigenvalue weighted by Crippen LogP contribution is 2.36. The molecule has 1 N–H and O–H groups in total. The molecule has 0 aliphatic carbocycles. The molecular weight excluding hydrogens is 272 g/mol. The number of carbonyl (C=O) groups excluding carboxylic acids is 2. The van der Waals surface area contributed by atoms with Gasteiger partial charge in [-0.15, -0.1) is 11.3 Å². The van der Waals surface area contributed by atoms with Crippen molar-refractivity contribution in [3.05, 3.63) is 57.3 Å². The van der Waals surface area contributed by atoms with Gasteiger partial charge in [-0.25, -0.2) is 0 Å². The Kier molecular flexibility index (Phi) is 2.44. The standard InChI is InChI=1S/C15H12N2O2S/c18-14-13-9(5-6-20-13)8-17-12(7-16-14)10-3-1-2-4-11(10)15(17)19/h1-6,12H,7-8H2,(H,16,18). The van der Waals surface area contributed by atoms with Crippen LogP contribution in [-0.4, -0.2) is 23.3 Å². The van der Waals surface area contributed by atoms with Gasteiger partial charge in [-0.05, 0) is 28.6 Å². The van der Waals surface area contributed by atoms with Gasteiger partial charge >= 0.3 is 0 Å². The molecule has 0 spiro atoms. The molecule has 0 saturated heterocycles. The lowest BCUT2D eigenvalue weighted by atomic mass is 10.0. The van der Waals surface area contributed by atoms with E-state index in [1.54, 1.807) is 0 Å². The number of carbonyl (C=O) groups is 2. The Morgan fingerprint density at radius 1 is 1.20 bits per heavy atom. The van der Waals surface area contributed by atoms with Crippen LogP contribution in [0.4, 0.5) is 0 Å². The van der Waals surface area contributed by atoms with Crippen LogP contribution < -0.4 is 5.32 Å². The number of nitrogens with zero attached hydrogens (tertiary/aromatic N) is 1. The van der Waals surface area contributed by atoms with Crippen molar-refractivity contribution < 1.29 is 9.59 Å². The molecule has 0 radical (unpaired) electrons. The minimum Gasteiger partial charge on any atom is -0.349 e. The number of benzene rings is 1. The molecule has 0 saturated carbocycles. The molecule has 1 aromatic heterocycles. The zero-order valence-corrected chi connectivity index (χ0v) is 11.4. The maximum absolute atomic E-state index is 12.5. The van der Waals surface area contributed by atoms with E-state index in [1.807, 2.05) is 40.6 Å². The third kappa shape index (κ3) is 1.53. The zero-order valence-electron chi connectivity index (χ0n) is 10.6. The Morgan fingerprint density at radius 2 is 2.05 bits per heavy atom. The molecule has 4 nitrogen and oxygen atoms in total. The van der Waals surface area contributed by atoms with E-state index in [0.29, 0.717) is 18.0 Å². The third-order valence-corrected chi connectivity index (χ3v) is 4.89. The summed E-state index contributed by atoms with van der Waals surface area (Å²) in [5.41, 5.74) is 2.69. The van der Waals surface area contributed by atoms with Crippen LogP contribution in [0.15, 0.2) is 35.7 Å². The van der Waals surface area contributed by atoms with Crippen LogP contribution in [0.25, 0.3) is 0 Å². The third-order valence-electron chi connectivity index (χ3n) is 3.94. The molecule has 20 heavy (non-hydrogen) atoms. The van der Waals surface area contributed by atoms with Crippen LogP contribution >= 0.6 is 11.3 Å². The number of hydrogen-bond donors (Lipinski definition) is 1. The van der Waals surface area contributed by atoms with Gasteiger partial charge in [0.05, 0.1) is 10.9 Å². The minimum atomic E-state index is -0.0595. The van der Waals surface area contributed by atoms with E-state index in [0.717, 1.165) is 16.7 Å². The summed E-state index contributed by atoms with van der Waals surface area (Å²) in [5.74, 6) is 0.0189. The van der Waals surface area contributed by atoms with E-state index in [4.69, 9.17) is 0 Å². The lowest BCUT2D eigenvalue weighted by Gasteiger charge is -2.28. The first-order valence-electron chi connectivity index (χ1n) is 6.50.